The average Bonchev–Trinajstić information content (AvgIpc) is 3.12. The number of aliphatic hydroxyl groups is 1. The van der Waals surface area contributed by atoms with E-state index in [4.69, 9.17) is 4.74 Å². The quantitative estimate of drug-likeness (QED) is 0.855. The van der Waals surface area contributed by atoms with Crippen LogP contribution in [-0.4, -0.2) is 40.2 Å². The molecule has 5 heteroatoms. The molecule has 2 fully saturated rings. The van der Waals surface area contributed by atoms with Gasteiger partial charge in [-0.2, -0.15) is 0 Å². The molecular formula is C23H31N3O2. The number of ether oxygens (including phenoxy) is 1. The Balaban J connectivity index is 1.53. The van der Waals surface area contributed by atoms with Gasteiger partial charge in [0.2, 0.25) is 0 Å². The van der Waals surface area contributed by atoms with E-state index in [0.717, 1.165) is 55.2 Å². The number of rotatable bonds is 5. The Morgan fingerprint density at radius 1 is 1.21 bits per heavy atom. The van der Waals surface area contributed by atoms with E-state index in [2.05, 4.69) is 28.7 Å². The monoisotopic (exact) mass is 381 g/mol. The summed E-state index contributed by atoms with van der Waals surface area (Å²) >= 11 is 0. The van der Waals surface area contributed by atoms with Crippen molar-refractivity contribution in [2.24, 2.45) is 11.8 Å². The van der Waals surface area contributed by atoms with Gasteiger partial charge >= 0.3 is 0 Å². The van der Waals surface area contributed by atoms with Crippen molar-refractivity contribution in [1.29, 1.82) is 0 Å². The van der Waals surface area contributed by atoms with Gasteiger partial charge in [0, 0.05) is 55.0 Å². The first-order valence-electron chi connectivity index (χ1n) is 10.4. The van der Waals surface area contributed by atoms with E-state index in [1.807, 2.05) is 36.7 Å². The molecule has 2 heterocycles. The normalized spacial score (nSPS) is 27.8. The van der Waals surface area contributed by atoms with Crippen LogP contribution in [0, 0.1) is 11.8 Å². The Labute approximate surface area is 167 Å². The fraction of sp³-hybridized carbons (Fsp3) is 0.565. The minimum atomic E-state index is -0.817. The molecule has 4 rings (SSSR count). The lowest BCUT2D eigenvalue weighted by Crippen LogP contribution is -2.43. The summed E-state index contributed by atoms with van der Waals surface area (Å²) < 4.78 is 5.58. The molecule has 150 valence electrons. The van der Waals surface area contributed by atoms with Gasteiger partial charge in [-0.3, -0.25) is 4.90 Å². The molecule has 2 aromatic rings. The second-order valence-corrected chi connectivity index (χ2v) is 8.68. The first kappa shape index (κ1) is 19.3. The molecule has 0 radical (unpaired) electrons. The van der Waals surface area contributed by atoms with Gasteiger partial charge in [-0.25, -0.2) is 9.97 Å². The van der Waals surface area contributed by atoms with Crippen molar-refractivity contribution in [3.63, 3.8) is 0 Å². The zero-order chi connectivity index (χ0) is 19.7. The van der Waals surface area contributed by atoms with Crippen molar-refractivity contribution in [3.8, 4) is 5.75 Å². The fourth-order valence-corrected chi connectivity index (χ4v) is 5.08. The number of hydrogen-bond acceptors (Lipinski definition) is 5. The smallest absolute Gasteiger partial charge is 0.130 e. The maximum atomic E-state index is 11.8. The lowest BCUT2D eigenvalue weighted by Gasteiger charge is -2.42. The molecule has 0 amide bonds. The van der Waals surface area contributed by atoms with Crippen LogP contribution in [-0.2, 0) is 12.1 Å². The molecular weight excluding hydrogens is 350 g/mol. The minimum absolute atomic E-state index is 0.230. The average molecular weight is 382 g/mol. The Hall–Kier alpha value is -1.98. The van der Waals surface area contributed by atoms with Crippen molar-refractivity contribution in [2.75, 3.05) is 20.2 Å². The Morgan fingerprint density at radius 3 is 2.68 bits per heavy atom. The van der Waals surface area contributed by atoms with Gasteiger partial charge in [0.1, 0.15) is 11.6 Å². The molecule has 28 heavy (non-hydrogen) atoms. The van der Waals surface area contributed by atoms with Crippen molar-refractivity contribution in [1.82, 2.24) is 14.9 Å². The number of methoxy groups -OCH3 is 1. The third-order valence-corrected chi connectivity index (χ3v) is 6.48. The van der Waals surface area contributed by atoms with Gasteiger partial charge < -0.3 is 9.84 Å². The number of likely N-dealkylation sites (tertiary alicyclic amines) is 1. The zero-order valence-corrected chi connectivity index (χ0v) is 17.1. The topological polar surface area (TPSA) is 58.5 Å². The summed E-state index contributed by atoms with van der Waals surface area (Å²) in [6, 6.07) is 7.95. The van der Waals surface area contributed by atoms with Gasteiger partial charge in [0.15, 0.2) is 0 Å². The Morgan fingerprint density at radius 2 is 1.96 bits per heavy atom. The van der Waals surface area contributed by atoms with E-state index in [-0.39, 0.29) is 5.92 Å². The van der Waals surface area contributed by atoms with Gasteiger partial charge in [-0.05, 0) is 31.2 Å². The highest BCUT2D eigenvalue weighted by Gasteiger charge is 2.50. The van der Waals surface area contributed by atoms with Crippen molar-refractivity contribution in [2.45, 2.75) is 51.2 Å². The van der Waals surface area contributed by atoms with Gasteiger partial charge in [0.25, 0.3) is 0 Å². The maximum absolute atomic E-state index is 11.8. The molecule has 1 aromatic carbocycles. The van der Waals surface area contributed by atoms with Crippen molar-refractivity contribution >= 4 is 0 Å². The van der Waals surface area contributed by atoms with Crippen LogP contribution in [0.5, 0.6) is 5.75 Å². The number of benzene rings is 1. The molecule has 1 aliphatic carbocycles. The second kappa shape index (κ2) is 7.80. The van der Waals surface area contributed by atoms with Crippen LogP contribution < -0.4 is 4.74 Å². The summed E-state index contributed by atoms with van der Waals surface area (Å²) in [6.07, 6.45) is 6.94. The van der Waals surface area contributed by atoms with Crippen LogP contribution in [0.4, 0.5) is 0 Å². The lowest BCUT2D eigenvalue weighted by molar-refractivity contribution is -0.0662. The number of hydrogen-bond donors (Lipinski definition) is 1. The van der Waals surface area contributed by atoms with Crippen LogP contribution in [0.1, 0.15) is 56.0 Å². The van der Waals surface area contributed by atoms with Gasteiger partial charge in [-0.15, -0.1) is 0 Å². The van der Waals surface area contributed by atoms with E-state index in [1.54, 1.807) is 7.11 Å². The van der Waals surface area contributed by atoms with Gasteiger partial charge in [-0.1, -0.05) is 32.0 Å². The first-order valence-corrected chi connectivity index (χ1v) is 10.4. The zero-order valence-electron chi connectivity index (χ0n) is 17.1. The van der Waals surface area contributed by atoms with Crippen molar-refractivity contribution in [3.05, 3.63) is 53.6 Å². The van der Waals surface area contributed by atoms with Crippen LogP contribution in [0.2, 0.25) is 0 Å². The summed E-state index contributed by atoms with van der Waals surface area (Å²) in [5.74, 6) is 2.78. The van der Waals surface area contributed by atoms with E-state index in [9.17, 15) is 5.11 Å². The molecule has 1 N–H and O–H groups in total. The molecule has 3 atom stereocenters. The van der Waals surface area contributed by atoms with E-state index >= 15 is 0 Å². The van der Waals surface area contributed by atoms with Crippen molar-refractivity contribution < 1.29 is 9.84 Å². The number of nitrogens with zero attached hydrogens (tertiary/aromatic N) is 3. The molecule has 0 bridgehead atoms. The van der Waals surface area contributed by atoms with E-state index < -0.39 is 5.60 Å². The molecule has 5 nitrogen and oxygen atoms in total. The number of fused-ring (bicyclic) bond motifs is 1. The highest BCUT2D eigenvalue weighted by molar-refractivity contribution is 5.39. The Kier molecular flexibility index (Phi) is 5.39. The highest BCUT2D eigenvalue weighted by Crippen LogP contribution is 2.50. The number of aromatic nitrogens is 2. The molecule has 0 unspecified atom stereocenters. The molecule has 2 aliphatic rings. The summed E-state index contributed by atoms with van der Waals surface area (Å²) in [5.41, 5.74) is 1.27. The molecule has 1 saturated heterocycles. The third-order valence-electron chi connectivity index (χ3n) is 6.48. The molecule has 1 aliphatic heterocycles. The predicted molar refractivity (Wildman–Crippen MR) is 109 cm³/mol. The summed E-state index contributed by atoms with van der Waals surface area (Å²) in [6.45, 7) is 6.98. The summed E-state index contributed by atoms with van der Waals surface area (Å²) in [7, 11) is 1.68. The highest BCUT2D eigenvalue weighted by atomic mass is 16.5. The summed E-state index contributed by atoms with van der Waals surface area (Å²) in [5, 5.41) is 11.8. The third kappa shape index (κ3) is 3.53. The molecule has 0 spiro atoms. The van der Waals surface area contributed by atoms with Gasteiger partial charge in [0.05, 0.1) is 12.7 Å². The van der Waals surface area contributed by atoms with E-state index in [0.29, 0.717) is 11.8 Å². The minimum Gasteiger partial charge on any atom is -0.496 e. The maximum Gasteiger partial charge on any atom is 0.130 e. The number of para-hydroxylation sites is 1. The summed E-state index contributed by atoms with van der Waals surface area (Å²) in [4.78, 5) is 11.5. The van der Waals surface area contributed by atoms with Crippen LogP contribution in [0.25, 0.3) is 0 Å². The lowest BCUT2D eigenvalue weighted by atomic mass is 9.67. The first-order chi connectivity index (χ1) is 13.5. The van der Waals surface area contributed by atoms with Crippen LogP contribution in [0.15, 0.2) is 36.7 Å². The van der Waals surface area contributed by atoms with Crippen LogP contribution >= 0.6 is 0 Å². The fourth-order valence-electron chi connectivity index (χ4n) is 5.08. The predicted octanol–water partition coefficient (Wildman–Crippen LogP) is 3.73. The van der Waals surface area contributed by atoms with Crippen LogP contribution in [0.3, 0.4) is 0 Å². The Bertz CT molecular complexity index is 808. The SMILES string of the molecule is COc1ccccc1[C@]1(O)CCC[C@@H]2CN(Cc3cnc(C(C)C)nc3)C[C@H]21. The molecule has 1 saturated carbocycles. The largest absolute Gasteiger partial charge is 0.496 e. The second-order valence-electron chi connectivity index (χ2n) is 8.68. The molecule has 1 aromatic heterocycles. The van der Waals surface area contributed by atoms with E-state index in [1.165, 1.54) is 6.42 Å². The standard InChI is InChI=1S/C23H31N3O2/c1-16(2)22-24-11-17(12-25-22)13-26-14-18-7-6-10-23(27,20(18)15-26)19-8-4-5-9-21(19)28-3/h4-5,8-9,11-12,16,18,20,27H,6-7,10,13-15H2,1-3H3/t18-,20-,23-/m1/s1.